The van der Waals surface area contributed by atoms with Crippen LogP contribution in [0.5, 0.6) is 0 Å². The zero-order valence-corrected chi connectivity index (χ0v) is 20.1. The molecule has 0 unspecified atom stereocenters. The summed E-state index contributed by atoms with van der Waals surface area (Å²) in [5.74, 6) is 0. The standard InChI is InChI=1S/C9H9BrN2O3S.C9H10N2O3S/c1-4-3-6(10)7-8(5(4)2)16(14,15)12-9(13)11-7;1-5-3-4-7-8(6(5)2)15(13,14)11-9(12)10-7/h3H,1-2H3,(H2,11,12,13);3-4H,1-2H3,(H2,10,11,12). The number of amides is 4. The van der Waals surface area contributed by atoms with Gasteiger partial charge in [-0.2, -0.15) is 0 Å². The van der Waals surface area contributed by atoms with Crippen molar-refractivity contribution in [3.63, 3.8) is 0 Å². The Morgan fingerprint density at radius 2 is 1.26 bits per heavy atom. The van der Waals surface area contributed by atoms with Crippen LogP contribution in [0, 0.1) is 27.7 Å². The molecule has 166 valence electrons. The highest BCUT2D eigenvalue weighted by atomic mass is 79.9. The molecule has 4 N–H and O–H groups in total. The minimum absolute atomic E-state index is 0.124. The monoisotopic (exact) mass is 530 g/mol. The second-order valence-corrected chi connectivity index (χ2v) is 11.1. The molecular formula is C18H19BrN4O6S2. The Bertz CT molecular complexity index is 1350. The van der Waals surface area contributed by atoms with Crippen LogP contribution < -0.4 is 20.1 Å². The zero-order chi connectivity index (χ0) is 23.3. The maximum atomic E-state index is 11.8. The molecule has 10 nitrogen and oxygen atoms in total. The summed E-state index contributed by atoms with van der Waals surface area (Å²) in [4.78, 5) is 22.5. The van der Waals surface area contributed by atoms with E-state index in [2.05, 4.69) is 26.6 Å². The van der Waals surface area contributed by atoms with E-state index in [1.165, 1.54) is 0 Å². The summed E-state index contributed by atoms with van der Waals surface area (Å²) in [6.07, 6.45) is 0. The van der Waals surface area contributed by atoms with Gasteiger partial charge in [0.25, 0.3) is 20.0 Å². The summed E-state index contributed by atoms with van der Waals surface area (Å²) in [6.45, 7) is 7.05. The van der Waals surface area contributed by atoms with Crippen molar-refractivity contribution in [2.24, 2.45) is 0 Å². The zero-order valence-electron chi connectivity index (χ0n) is 16.9. The van der Waals surface area contributed by atoms with Gasteiger partial charge in [-0.1, -0.05) is 6.07 Å². The lowest BCUT2D eigenvalue weighted by Crippen LogP contribution is -2.40. The van der Waals surface area contributed by atoms with Crippen LogP contribution >= 0.6 is 15.9 Å². The van der Waals surface area contributed by atoms with E-state index < -0.39 is 32.1 Å². The minimum atomic E-state index is -3.76. The largest absolute Gasteiger partial charge is 0.333 e. The molecule has 2 aliphatic heterocycles. The fraction of sp³-hybridized carbons (Fsp3) is 0.222. The number of fused-ring (bicyclic) bond motifs is 2. The van der Waals surface area contributed by atoms with Crippen LogP contribution in [0.4, 0.5) is 21.0 Å². The summed E-state index contributed by atoms with van der Waals surface area (Å²) in [5.41, 5.74) is 3.63. The topological polar surface area (TPSA) is 151 Å². The van der Waals surface area contributed by atoms with Crippen molar-refractivity contribution >= 4 is 59.4 Å². The predicted octanol–water partition coefficient (Wildman–Crippen LogP) is 3.02. The van der Waals surface area contributed by atoms with E-state index in [0.717, 1.165) is 11.1 Å². The molecule has 0 aliphatic carbocycles. The van der Waals surface area contributed by atoms with Crippen LogP contribution in [0.15, 0.2) is 32.5 Å². The van der Waals surface area contributed by atoms with Gasteiger partial charge < -0.3 is 10.6 Å². The van der Waals surface area contributed by atoms with Gasteiger partial charge in [-0.3, -0.25) is 0 Å². The number of carbonyl (C=O) groups excluding carboxylic acids is 2. The van der Waals surface area contributed by atoms with Crippen LogP contribution in [0.25, 0.3) is 0 Å². The molecule has 31 heavy (non-hydrogen) atoms. The van der Waals surface area contributed by atoms with Gasteiger partial charge in [-0.25, -0.2) is 35.9 Å². The fourth-order valence-electron chi connectivity index (χ4n) is 3.17. The van der Waals surface area contributed by atoms with Crippen LogP contribution in [-0.4, -0.2) is 28.9 Å². The average molecular weight is 531 g/mol. The molecule has 0 saturated heterocycles. The molecule has 0 fully saturated rings. The number of anilines is 2. The van der Waals surface area contributed by atoms with E-state index in [4.69, 9.17) is 0 Å². The third kappa shape index (κ3) is 4.25. The lowest BCUT2D eigenvalue weighted by atomic mass is 10.1. The summed E-state index contributed by atoms with van der Waals surface area (Å²) < 4.78 is 51.4. The molecule has 0 spiro atoms. The number of carbonyl (C=O) groups is 2. The Labute approximate surface area is 188 Å². The van der Waals surface area contributed by atoms with Gasteiger partial charge in [-0.15, -0.1) is 0 Å². The normalized spacial score (nSPS) is 17.5. The highest BCUT2D eigenvalue weighted by Gasteiger charge is 2.32. The Kier molecular flexibility index (Phi) is 5.80. The smallest absolute Gasteiger partial charge is 0.306 e. The Morgan fingerprint density at radius 1 is 0.742 bits per heavy atom. The van der Waals surface area contributed by atoms with Crippen LogP contribution in [-0.2, 0) is 20.0 Å². The van der Waals surface area contributed by atoms with Crippen molar-refractivity contribution in [2.75, 3.05) is 10.6 Å². The van der Waals surface area contributed by atoms with Gasteiger partial charge in [0.05, 0.1) is 11.4 Å². The SMILES string of the molecule is Cc1cc(Br)c2c(c1C)S(=O)(=O)NC(=O)N2.Cc1ccc2c(c1C)S(=O)(=O)NC(=O)N2. The van der Waals surface area contributed by atoms with Gasteiger partial charge >= 0.3 is 12.1 Å². The van der Waals surface area contributed by atoms with Gasteiger partial charge in [0.2, 0.25) is 0 Å². The molecule has 4 amide bonds. The average Bonchev–Trinajstić information content (AvgIpc) is 2.61. The molecule has 2 heterocycles. The Balaban J connectivity index is 0.000000176. The lowest BCUT2D eigenvalue weighted by Gasteiger charge is -2.22. The summed E-state index contributed by atoms with van der Waals surface area (Å²) in [7, 11) is -7.47. The molecule has 0 radical (unpaired) electrons. The van der Waals surface area contributed by atoms with E-state index in [1.807, 2.05) is 23.3 Å². The predicted molar refractivity (Wildman–Crippen MR) is 118 cm³/mol. The van der Waals surface area contributed by atoms with E-state index in [9.17, 15) is 26.4 Å². The Morgan fingerprint density at radius 3 is 1.87 bits per heavy atom. The number of hydrogen-bond acceptors (Lipinski definition) is 6. The van der Waals surface area contributed by atoms with Crippen LogP contribution in [0.1, 0.15) is 22.3 Å². The number of urea groups is 2. The van der Waals surface area contributed by atoms with Crippen LogP contribution in [0.2, 0.25) is 0 Å². The van der Waals surface area contributed by atoms with Gasteiger partial charge in [-0.05, 0) is 78.0 Å². The number of nitrogens with one attached hydrogen (secondary N) is 4. The summed E-state index contributed by atoms with van der Waals surface area (Å²) in [5, 5.41) is 4.93. The van der Waals surface area contributed by atoms with E-state index in [-0.39, 0.29) is 9.79 Å². The van der Waals surface area contributed by atoms with Crippen molar-refractivity contribution in [1.82, 2.24) is 9.44 Å². The highest BCUT2D eigenvalue weighted by Crippen LogP contribution is 2.36. The first kappa shape index (κ1) is 23.0. The molecule has 2 aromatic carbocycles. The third-order valence-corrected chi connectivity index (χ3v) is 8.54. The first-order valence-electron chi connectivity index (χ1n) is 8.82. The number of sulfonamides is 2. The van der Waals surface area contributed by atoms with Crippen molar-refractivity contribution < 1.29 is 26.4 Å². The fourth-order valence-corrected chi connectivity index (χ4v) is 6.70. The van der Waals surface area contributed by atoms with Crippen LogP contribution in [0.3, 0.4) is 0 Å². The van der Waals surface area contributed by atoms with Crippen molar-refractivity contribution in [2.45, 2.75) is 37.5 Å². The second kappa shape index (κ2) is 7.80. The Hall–Kier alpha value is -2.64. The van der Waals surface area contributed by atoms with Gasteiger partial charge in [0.1, 0.15) is 9.79 Å². The van der Waals surface area contributed by atoms with E-state index in [1.54, 1.807) is 32.0 Å². The van der Waals surface area contributed by atoms with Crippen molar-refractivity contribution in [3.8, 4) is 0 Å². The van der Waals surface area contributed by atoms with E-state index >= 15 is 0 Å². The van der Waals surface area contributed by atoms with E-state index in [0.29, 0.717) is 27.0 Å². The summed E-state index contributed by atoms with van der Waals surface area (Å²) >= 11 is 3.24. The van der Waals surface area contributed by atoms with Crippen molar-refractivity contribution in [3.05, 3.63) is 44.9 Å². The molecule has 0 atom stereocenters. The molecule has 2 aliphatic rings. The maximum Gasteiger partial charge on any atom is 0.333 e. The number of rotatable bonds is 0. The second-order valence-electron chi connectivity index (χ2n) is 7.01. The number of hydrogen-bond donors (Lipinski definition) is 4. The summed E-state index contributed by atoms with van der Waals surface area (Å²) in [6, 6.07) is 3.68. The molecule has 4 rings (SSSR count). The van der Waals surface area contributed by atoms with Gasteiger partial charge in [0, 0.05) is 4.47 Å². The highest BCUT2D eigenvalue weighted by molar-refractivity contribution is 9.10. The lowest BCUT2D eigenvalue weighted by molar-refractivity contribution is 0.255. The number of halogens is 1. The maximum absolute atomic E-state index is 11.8. The quantitative estimate of drug-likeness (QED) is 0.411. The molecule has 13 heteroatoms. The third-order valence-electron chi connectivity index (χ3n) is 4.90. The molecule has 0 aromatic heterocycles. The number of aryl methyl sites for hydroxylation is 2. The molecule has 0 bridgehead atoms. The minimum Gasteiger partial charge on any atom is -0.306 e. The van der Waals surface area contributed by atoms with Gasteiger partial charge in [0.15, 0.2) is 0 Å². The molecule has 2 aromatic rings. The first-order chi connectivity index (χ1) is 14.2. The molecular weight excluding hydrogens is 512 g/mol. The number of benzene rings is 2. The first-order valence-corrected chi connectivity index (χ1v) is 12.6. The molecule has 0 saturated carbocycles. The van der Waals surface area contributed by atoms with Crippen molar-refractivity contribution in [1.29, 1.82) is 0 Å².